The van der Waals surface area contributed by atoms with Gasteiger partial charge in [0.05, 0.1) is 17.1 Å². The summed E-state index contributed by atoms with van der Waals surface area (Å²) in [7, 11) is 1.56. The zero-order chi connectivity index (χ0) is 18.3. The molecule has 4 rings (SSSR count). The van der Waals surface area contributed by atoms with Crippen molar-refractivity contribution in [1.82, 2.24) is 9.80 Å². The van der Waals surface area contributed by atoms with Crippen molar-refractivity contribution in [2.75, 3.05) is 31.6 Å². The monoisotopic (exact) mass is 427 g/mol. The number of fused-ring (bicyclic) bond motifs is 1. The lowest BCUT2D eigenvalue weighted by Crippen LogP contribution is -2.52. The average molecular weight is 428 g/mol. The predicted molar refractivity (Wildman–Crippen MR) is 108 cm³/mol. The van der Waals surface area contributed by atoms with E-state index in [0.29, 0.717) is 24.5 Å². The van der Waals surface area contributed by atoms with Crippen molar-refractivity contribution >= 4 is 53.0 Å². The summed E-state index contributed by atoms with van der Waals surface area (Å²) in [5.74, 6) is 0.432. The van der Waals surface area contributed by atoms with Gasteiger partial charge in [-0.05, 0) is 24.3 Å². The molecule has 2 aromatic rings. The molecule has 3 heterocycles. The van der Waals surface area contributed by atoms with Crippen LogP contribution in [0.25, 0.3) is 0 Å². The van der Waals surface area contributed by atoms with Crippen molar-refractivity contribution in [3.8, 4) is 5.75 Å². The normalized spacial score (nSPS) is 19.9. The molecule has 2 saturated heterocycles. The van der Waals surface area contributed by atoms with Gasteiger partial charge in [0, 0.05) is 37.1 Å². The van der Waals surface area contributed by atoms with Crippen LogP contribution in [0.15, 0.2) is 36.4 Å². The first-order valence-electron chi connectivity index (χ1n) is 8.32. The highest BCUT2D eigenvalue weighted by Crippen LogP contribution is 2.30. The maximum Gasteiger partial charge on any atom is 0.332 e. The minimum Gasteiger partial charge on any atom is -0.497 e. The Morgan fingerprint density at radius 1 is 1.22 bits per heavy atom. The lowest BCUT2D eigenvalue weighted by Gasteiger charge is -2.34. The maximum atomic E-state index is 12.9. The van der Waals surface area contributed by atoms with Crippen molar-refractivity contribution in [2.24, 2.45) is 0 Å². The van der Waals surface area contributed by atoms with Crippen LogP contribution in [0.3, 0.4) is 0 Å². The number of benzene rings is 1. The van der Waals surface area contributed by atoms with Crippen LogP contribution in [0, 0.1) is 0 Å². The predicted octanol–water partition coefficient (Wildman–Crippen LogP) is 3.48. The van der Waals surface area contributed by atoms with Gasteiger partial charge >= 0.3 is 6.03 Å². The number of hydrogen-bond donors (Lipinski definition) is 0. The molecule has 1 aromatic carbocycles. The van der Waals surface area contributed by atoms with Crippen LogP contribution in [0.1, 0.15) is 4.88 Å². The number of rotatable bonds is 4. The smallest absolute Gasteiger partial charge is 0.332 e. The van der Waals surface area contributed by atoms with Gasteiger partial charge in [0.25, 0.3) is 5.91 Å². The first-order valence-corrected chi connectivity index (χ1v) is 9.51. The van der Waals surface area contributed by atoms with Gasteiger partial charge in [-0.1, -0.05) is 17.7 Å². The van der Waals surface area contributed by atoms with E-state index in [9.17, 15) is 9.59 Å². The number of hydrogen-bond acceptors (Lipinski definition) is 5. The van der Waals surface area contributed by atoms with Crippen molar-refractivity contribution in [3.05, 3.63) is 45.6 Å². The summed E-state index contributed by atoms with van der Waals surface area (Å²) in [6.45, 7) is 2.54. The third-order valence-corrected chi connectivity index (χ3v) is 5.94. The number of halogens is 2. The Hall–Kier alpha value is -1.80. The van der Waals surface area contributed by atoms with E-state index >= 15 is 0 Å². The quantitative estimate of drug-likeness (QED) is 0.700. The van der Waals surface area contributed by atoms with Crippen molar-refractivity contribution in [2.45, 2.75) is 12.6 Å². The van der Waals surface area contributed by atoms with Gasteiger partial charge in [-0.15, -0.1) is 23.7 Å². The van der Waals surface area contributed by atoms with Crippen molar-refractivity contribution in [3.63, 3.8) is 0 Å². The average Bonchev–Trinajstić information content (AvgIpc) is 3.16. The molecule has 27 heavy (non-hydrogen) atoms. The molecule has 0 N–H and O–H groups in total. The molecule has 0 saturated carbocycles. The van der Waals surface area contributed by atoms with Gasteiger partial charge in [-0.3, -0.25) is 9.69 Å². The summed E-state index contributed by atoms with van der Waals surface area (Å²) in [4.78, 5) is 32.0. The summed E-state index contributed by atoms with van der Waals surface area (Å²) < 4.78 is 5.97. The van der Waals surface area contributed by atoms with Gasteiger partial charge in [0.2, 0.25) is 0 Å². The Morgan fingerprint density at radius 2 is 2.04 bits per heavy atom. The van der Waals surface area contributed by atoms with Gasteiger partial charge in [-0.2, -0.15) is 0 Å². The second-order valence-electron chi connectivity index (χ2n) is 6.31. The molecule has 2 aliphatic rings. The number of imide groups is 1. The third kappa shape index (κ3) is 3.78. The molecule has 1 unspecified atom stereocenters. The molecule has 2 aliphatic heterocycles. The highest BCUT2D eigenvalue weighted by atomic mass is 35.5. The second-order valence-corrected chi connectivity index (χ2v) is 8.11. The largest absolute Gasteiger partial charge is 0.497 e. The zero-order valence-corrected chi connectivity index (χ0v) is 17.0. The number of carbonyl (C=O) groups excluding carboxylic acids is 2. The van der Waals surface area contributed by atoms with Crippen LogP contribution in [0.5, 0.6) is 5.75 Å². The Bertz CT molecular complexity index is 860. The Morgan fingerprint density at radius 3 is 2.74 bits per heavy atom. The summed E-state index contributed by atoms with van der Waals surface area (Å²) in [5, 5.41) is 0. The van der Waals surface area contributed by atoms with Crippen LogP contribution in [-0.4, -0.2) is 54.5 Å². The number of amides is 3. The number of urea groups is 1. The number of anilines is 1. The Kier molecular flexibility index (Phi) is 5.95. The topological polar surface area (TPSA) is 53.1 Å². The molecule has 1 aromatic heterocycles. The third-order valence-electron chi connectivity index (χ3n) is 4.73. The lowest BCUT2D eigenvalue weighted by molar-refractivity contribution is -0.121. The molecule has 6 nitrogen and oxygen atoms in total. The maximum absolute atomic E-state index is 12.9. The lowest BCUT2D eigenvalue weighted by atomic mass is 10.1. The first-order chi connectivity index (χ1) is 12.6. The van der Waals surface area contributed by atoms with Gasteiger partial charge in [0.1, 0.15) is 11.8 Å². The molecule has 3 amide bonds. The molecule has 1 atom stereocenters. The number of thiophene rings is 1. The van der Waals surface area contributed by atoms with E-state index in [-0.39, 0.29) is 24.3 Å². The molecule has 0 bridgehead atoms. The molecule has 0 radical (unpaired) electrons. The summed E-state index contributed by atoms with van der Waals surface area (Å²) in [6, 6.07) is 10.2. The van der Waals surface area contributed by atoms with Crippen LogP contribution >= 0.6 is 35.3 Å². The second kappa shape index (κ2) is 8.06. The molecule has 2 fully saturated rings. The zero-order valence-electron chi connectivity index (χ0n) is 14.6. The number of ether oxygens (including phenoxy) is 1. The molecular weight excluding hydrogens is 409 g/mol. The highest BCUT2D eigenvalue weighted by Gasteiger charge is 2.48. The van der Waals surface area contributed by atoms with E-state index in [0.717, 1.165) is 22.3 Å². The fraction of sp³-hybridized carbons (Fsp3) is 0.333. The van der Waals surface area contributed by atoms with Gasteiger partial charge < -0.3 is 9.64 Å². The summed E-state index contributed by atoms with van der Waals surface area (Å²) >= 11 is 7.54. The van der Waals surface area contributed by atoms with E-state index in [1.54, 1.807) is 47.6 Å². The highest BCUT2D eigenvalue weighted by molar-refractivity contribution is 7.16. The minimum absolute atomic E-state index is 0. The van der Waals surface area contributed by atoms with Crippen LogP contribution in [0.2, 0.25) is 4.34 Å². The number of methoxy groups -OCH3 is 1. The molecule has 9 heteroatoms. The molecule has 144 valence electrons. The molecular formula is C18H19Cl2N3O3S. The van der Waals surface area contributed by atoms with E-state index in [1.165, 1.54) is 4.90 Å². The first kappa shape index (κ1) is 19.9. The number of piperazine rings is 1. The summed E-state index contributed by atoms with van der Waals surface area (Å²) in [6.07, 6.45) is 0. The SMILES string of the molecule is COc1cccc(N2C(=O)C3CN(Cc4ccc(Cl)s4)CCN3C2=O)c1.Cl. The molecule has 0 aliphatic carbocycles. The van der Waals surface area contributed by atoms with Crippen LogP contribution in [-0.2, 0) is 11.3 Å². The van der Waals surface area contributed by atoms with E-state index in [4.69, 9.17) is 16.3 Å². The minimum atomic E-state index is -0.446. The number of nitrogens with zero attached hydrogens (tertiary/aromatic N) is 3. The van der Waals surface area contributed by atoms with Crippen LogP contribution < -0.4 is 9.64 Å². The Balaban J connectivity index is 0.00000210. The van der Waals surface area contributed by atoms with Gasteiger partial charge in [0.15, 0.2) is 0 Å². The standard InChI is InChI=1S/C18H18ClN3O3S.ClH/c1-25-13-4-2-3-12(9-13)22-17(23)15-11-20(7-8-21(15)18(22)24)10-14-5-6-16(19)26-14;/h2-6,9,15H,7-8,10-11H2,1H3;1H. The molecule has 0 spiro atoms. The Labute approximate surface area is 172 Å². The summed E-state index contributed by atoms with van der Waals surface area (Å²) in [5.41, 5.74) is 0.547. The van der Waals surface area contributed by atoms with E-state index < -0.39 is 6.04 Å². The van der Waals surface area contributed by atoms with Gasteiger partial charge in [-0.25, -0.2) is 9.69 Å². The van der Waals surface area contributed by atoms with Crippen molar-refractivity contribution in [1.29, 1.82) is 0 Å². The van der Waals surface area contributed by atoms with E-state index in [1.807, 2.05) is 12.1 Å². The number of carbonyl (C=O) groups is 2. The van der Waals surface area contributed by atoms with Crippen LogP contribution in [0.4, 0.5) is 10.5 Å². The fourth-order valence-corrected chi connectivity index (χ4v) is 4.57. The van der Waals surface area contributed by atoms with E-state index in [2.05, 4.69) is 4.90 Å². The fourth-order valence-electron chi connectivity index (χ4n) is 3.44. The van der Waals surface area contributed by atoms with Crippen molar-refractivity contribution < 1.29 is 14.3 Å².